The van der Waals surface area contributed by atoms with Crippen molar-refractivity contribution in [3.8, 4) is 0 Å². The minimum absolute atomic E-state index is 0.0191. The normalized spacial score (nSPS) is 11.2. The highest BCUT2D eigenvalue weighted by Crippen LogP contribution is 2.13. The number of hydrogen-bond acceptors (Lipinski definition) is 4. The van der Waals surface area contributed by atoms with E-state index in [1.54, 1.807) is 0 Å². The van der Waals surface area contributed by atoms with E-state index in [0.717, 1.165) is 12.8 Å². The number of hydrogen-bond donors (Lipinski definition) is 3. The number of nitrogens with zero attached hydrogens (tertiary/aromatic N) is 3. The van der Waals surface area contributed by atoms with Gasteiger partial charge in [-0.05, 0) is 62.3 Å². The van der Waals surface area contributed by atoms with E-state index in [0.29, 0.717) is 31.5 Å². The van der Waals surface area contributed by atoms with Crippen LogP contribution in [0.1, 0.15) is 53.6 Å². The quantitative estimate of drug-likeness (QED) is 0.179. The van der Waals surface area contributed by atoms with Gasteiger partial charge in [0.1, 0.15) is 6.04 Å². The minimum atomic E-state index is -1.12. The van der Waals surface area contributed by atoms with E-state index in [-0.39, 0.29) is 17.9 Å². The predicted octanol–water partition coefficient (Wildman–Crippen LogP) is 4.43. The predicted molar refractivity (Wildman–Crippen MR) is 125 cm³/mol. The lowest BCUT2D eigenvalue weighted by Crippen LogP contribution is -2.40. The molecule has 0 saturated heterocycles. The number of carboxylic acids is 1. The molecule has 0 radical (unpaired) electrons. The van der Waals surface area contributed by atoms with Crippen LogP contribution in [-0.4, -0.2) is 35.5 Å². The van der Waals surface area contributed by atoms with Crippen LogP contribution in [0.2, 0.25) is 0 Å². The van der Waals surface area contributed by atoms with E-state index in [1.165, 1.54) is 35.4 Å². The fraction of sp³-hybridized carbons (Fsp3) is 0.375. The van der Waals surface area contributed by atoms with Crippen molar-refractivity contribution in [3.05, 3.63) is 75.7 Å². The minimum Gasteiger partial charge on any atom is -0.480 e. The van der Waals surface area contributed by atoms with E-state index >= 15 is 0 Å². The highest BCUT2D eigenvalue weighted by Gasteiger charge is 2.20. The Bertz CT molecular complexity index is 983. The van der Waals surface area contributed by atoms with E-state index in [9.17, 15) is 19.5 Å². The topological polar surface area (TPSA) is 144 Å². The van der Waals surface area contributed by atoms with Gasteiger partial charge in [0, 0.05) is 29.1 Å². The molecule has 0 bridgehead atoms. The average molecular weight is 452 g/mol. The van der Waals surface area contributed by atoms with Crippen LogP contribution in [0.4, 0.5) is 5.69 Å². The van der Waals surface area contributed by atoms with Crippen LogP contribution in [0.25, 0.3) is 10.4 Å². The summed E-state index contributed by atoms with van der Waals surface area (Å²) in [7, 11) is 0. The Morgan fingerprint density at radius 2 is 1.73 bits per heavy atom. The third kappa shape index (κ3) is 9.45. The summed E-state index contributed by atoms with van der Waals surface area (Å²) < 4.78 is 0. The monoisotopic (exact) mass is 451 g/mol. The molecule has 2 rings (SSSR count). The molecule has 9 heteroatoms. The number of aryl methyl sites for hydroxylation is 2. The zero-order valence-electron chi connectivity index (χ0n) is 18.7. The summed E-state index contributed by atoms with van der Waals surface area (Å²) in [6, 6.07) is 13.1. The maximum absolute atomic E-state index is 12.3. The fourth-order valence-corrected chi connectivity index (χ4v) is 3.23. The molecule has 0 aliphatic rings. The van der Waals surface area contributed by atoms with Crippen molar-refractivity contribution in [2.24, 2.45) is 5.11 Å². The van der Waals surface area contributed by atoms with Gasteiger partial charge in [0.05, 0.1) is 0 Å². The smallest absolute Gasteiger partial charge is 0.326 e. The first-order valence-corrected chi connectivity index (χ1v) is 10.9. The molecule has 0 fully saturated rings. The second-order valence-corrected chi connectivity index (χ2v) is 7.79. The first-order chi connectivity index (χ1) is 15.9. The maximum Gasteiger partial charge on any atom is 0.326 e. The van der Waals surface area contributed by atoms with E-state index < -0.39 is 17.9 Å². The lowest BCUT2D eigenvalue weighted by Gasteiger charge is -2.14. The summed E-state index contributed by atoms with van der Waals surface area (Å²) in [4.78, 5) is 38.4. The molecule has 174 valence electrons. The van der Waals surface area contributed by atoms with Crippen molar-refractivity contribution in [1.82, 2.24) is 10.6 Å². The van der Waals surface area contributed by atoms with E-state index in [4.69, 9.17) is 5.53 Å². The van der Waals surface area contributed by atoms with Gasteiger partial charge in [-0.2, -0.15) is 0 Å². The summed E-state index contributed by atoms with van der Waals surface area (Å²) in [5.41, 5.74) is 11.5. The highest BCUT2D eigenvalue weighted by atomic mass is 16.4. The Hall–Kier alpha value is -3.84. The number of carboxylic acid groups (broad SMARTS) is 1. The van der Waals surface area contributed by atoms with Crippen molar-refractivity contribution in [1.29, 1.82) is 0 Å². The van der Waals surface area contributed by atoms with Gasteiger partial charge in [0.15, 0.2) is 0 Å². The molecule has 0 aromatic heterocycles. The van der Waals surface area contributed by atoms with Gasteiger partial charge in [-0.3, -0.25) is 9.59 Å². The molecule has 0 aliphatic carbocycles. The second-order valence-electron chi connectivity index (χ2n) is 7.79. The molecule has 33 heavy (non-hydrogen) atoms. The first kappa shape index (κ1) is 25.4. The number of azide groups is 1. The van der Waals surface area contributed by atoms with Crippen LogP contribution < -0.4 is 10.6 Å². The van der Waals surface area contributed by atoms with Crippen molar-refractivity contribution in [2.75, 3.05) is 6.54 Å². The van der Waals surface area contributed by atoms with E-state index in [2.05, 4.69) is 44.9 Å². The van der Waals surface area contributed by atoms with Gasteiger partial charge in [-0.25, -0.2) is 4.79 Å². The Balaban J connectivity index is 1.65. The number of unbranched alkanes of at least 4 members (excludes halogenated alkanes) is 1. The SMILES string of the molecule is Cc1ccc(CCCC(=O)NCCCC[C@H](NC(=O)c2ccc(N=[N+]=[N-])cc2)C(=O)O)cc1. The largest absolute Gasteiger partial charge is 0.480 e. The molecule has 9 nitrogen and oxygen atoms in total. The molecule has 0 heterocycles. The molecule has 2 aromatic carbocycles. The summed E-state index contributed by atoms with van der Waals surface area (Å²) in [5, 5.41) is 18.2. The van der Waals surface area contributed by atoms with Crippen LogP contribution in [-0.2, 0) is 16.0 Å². The third-order valence-electron chi connectivity index (χ3n) is 5.12. The lowest BCUT2D eigenvalue weighted by atomic mass is 10.1. The summed E-state index contributed by atoms with van der Waals surface area (Å²) in [5.74, 6) is -1.65. The van der Waals surface area contributed by atoms with Gasteiger partial charge in [-0.15, -0.1) is 0 Å². The van der Waals surface area contributed by atoms with Gasteiger partial charge >= 0.3 is 5.97 Å². The maximum atomic E-state index is 12.3. The van der Waals surface area contributed by atoms with Gasteiger partial charge in [-0.1, -0.05) is 47.1 Å². The lowest BCUT2D eigenvalue weighted by molar-refractivity contribution is -0.139. The molecule has 0 saturated carbocycles. The van der Waals surface area contributed by atoms with E-state index in [1.807, 2.05) is 6.92 Å². The molecule has 0 aliphatic heterocycles. The Morgan fingerprint density at radius 3 is 2.36 bits per heavy atom. The van der Waals surface area contributed by atoms with Crippen LogP contribution in [0.5, 0.6) is 0 Å². The number of rotatable bonds is 13. The van der Waals surface area contributed by atoms with Gasteiger partial charge in [0.2, 0.25) is 5.91 Å². The Morgan fingerprint density at radius 1 is 1.03 bits per heavy atom. The van der Waals surface area contributed by atoms with Crippen molar-refractivity contribution >= 4 is 23.5 Å². The molecule has 3 N–H and O–H groups in total. The second kappa shape index (κ2) is 13.5. The van der Waals surface area contributed by atoms with Crippen LogP contribution in [0.3, 0.4) is 0 Å². The van der Waals surface area contributed by atoms with Gasteiger partial charge < -0.3 is 15.7 Å². The summed E-state index contributed by atoms with van der Waals surface area (Å²) in [6.07, 6.45) is 3.47. The molecule has 2 aromatic rings. The highest BCUT2D eigenvalue weighted by molar-refractivity contribution is 5.96. The molecule has 1 atom stereocenters. The zero-order chi connectivity index (χ0) is 24.1. The molecule has 0 unspecified atom stereocenters. The van der Waals surface area contributed by atoms with Crippen LogP contribution in [0.15, 0.2) is 53.6 Å². The van der Waals surface area contributed by atoms with Crippen LogP contribution in [0, 0.1) is 6.92 Å². The standard InChI is InChI=1S/C24H29N5O4/c1-17-8-10-18(11-9-17)5-4-7-22(30)26-16-3-2-6-21(24(32)33)27-23(31)19-12-14-20(15-13-19)28-29-25/h8-15,21H,2-7,16H2,1H3,(H,26,30)(H,27,31)(H,32,33)/t21-/m0/s1. The first-order valence-electron chi connectivity index (χ1n) is 10.9. The third-order valence-corrected chi connectivity index (χ3v) is 5.12. The summed E-state index contributed by atoms with van der Waals surface area (Å²) >= 11 is 0. The van der Waals surface area contributed by atoms with Crippen molar-refractivity contribution < 1.29 is 19.5 Å². The Labute approximate surface area is 192 Å². The molecule has 2 amide bonds. The Kier molecular flexibility index (Phi) is 10.4. The van der Waals surface area contributed by atoms with Crippen molar-refractivity contribution in [2.45, 2.75) is 51.5 Å². The number of carbonyl (C=O) groups excluding carboxylic acids is 2. The molecular weight excluding hydrogens is 422 g/mol. The van der Waals surface area contributed by atoms with Crippen LogP contribution >= 0.6 is 0 Å². The number of nitrogens with one attached hydrogen (secondary N) is 2. The number of carbonyl (C=O) groups is 3. The fourth-order valence-electron chi connectivity index (χ4n) is 3.23. The number of amides is 2. The number of aliphatic carboxylic acids is 1. The molecule has 0 spiro atoms. The zero-order valence-corrected chi connectivity index (χ0v) is 18.7. The van der Waals surface area contributed by atoms with Gasteiger partial charge in [0.25, 0.3) is 5.91 Å². The molecular formula is C24H29N5O4. The average Bonchev–Trinajstić information content (AvgIpc) is 2.80. The number of benzene rings is 2. The summed E-state index contributed by atoms with van der Waals surface area (Å²) in [6.45, 7) is 2.50. The van der Waals surface area contributed by atoms with Crippen molar-refractivity contribution in [3.63, 3.8) is 0 Å².